The molecule has 0 spiro atoms. The van der Waals surface area contributed by atoms with E-state index in [9.17, 15) is 40.2 Å². The summed E-state index contributed by atoms with van der Waals surface area (Å²) in [7, 11) is -6.06. The van der Waals surface area contributed by atoms with Gasteiger partial charge in [0.25, 0.3) is 0 Å². The summed E-state index contributed by atoms with van der Waals surface area (Å²) in [6.07, 6.45) is 0. The van der Waals surface area contributed by atoms with Gasteiger partial charge in [-0.1, -0.05) is 346 Å². The van der Waals surface area contributed by atoms with Gasteiger partial charge in [0.15, 0.2) is 0 Å². The van der Waals surface area contributed by atoms with Crippen molar-refractivity contribution in [3.63, 3.8) is 0 Å². The first-order valence-corrected chi connectivity index (χ1v) is 40.3. The summed E-state index contributed by atoms with van der Waals surface area (Å²) in [5.41, 5.74) is 15.3. The topological polar surface area (TPSA) is 162 Å². The second-order valence-electron chi connectivity index (χ2n) is 27.8. The van der Waals surface area contributed by atoms with Gasteiger partial charge in [-0.25, -0.2) is 0 Å². The highest BCUT2D eigenvalue weighted by atomic mass is 32.1. The van der Waals surface area contributed by atoms with Gasteiger partial charge >= 0.3 is 28.5 Å². The molecule has 0 aliphatic rings. The molecular formula is C98H68B4O8S4. The number of benzene rings is 17. The molecule has 114 heavy (non-hydrogen) atoms. The zero-order chi connectivity index (χ0) is 81.9. The predicted octanol–water partition coefficient (Wildman–Crippen LogP) is 20.9. The Morgan fingerprint density at radius 3 is 1.04 bits per heavy atom. The van der Waals surface area contributed by atoms with E-state index in [0.29, 0.717) is 27.4 Å². The van der Waals surface area contributed by atoms with E-state index in [-0.39, 0.29) is 29.7 Å². The summed E-state index contributed by atoms with van der Waals surface area (Å²) in [4.78, 5) is 0. The third-order valence-electron chi connectivity index (χ3n) is 20.8. The van der Waals surface area contributed by atoms with Crippen LogP contribution in [-0.2, 0) is 0 Å². The monoisotopic (exact) mass is 1550 g/mol. The first-order valence-electron chi connectivity index (χ1n) is 39.6. The first kappa shape index (κ1) is 67.7. The van der Waals surface area contributed by atoms with Gasteiger partial charge in [-0.3, -0.25) is 0 Å². The van der Waals surface area contributed by atoms with Crippen molar-refractivity contribution >= 4 is 198 Å². The van der Waals surface area contributed by atoms with Crippen molar-refractivity contribution in [2.45, 2.75) is 0 Å². The molecule has 8 nitrogen and oxygen atoms in total. The van der Waals surface area contributed by atoms with Crippen LogP contribution >= 0.6 is 45.3 Å². The van der Waals surface area contributed by atoms with Crippen LogP contribution in [0.2, 0.25) is 0 Å². The lowest BCUT2D eigenvalue weighted by molar-refractivity contribution is 0.424. The molecule has 21 rings (SSSR count). The molecule has 0 aliphatic heterocycles. The maximum atomic E-state index is 10.0. The van der Waals surface area contributed by atoms with Crippen molar-refractivity contribution in [1.29, 1.82) is 0 Å². The van der Waals surface area contributed by atoms with Gasteiger partial charge in [0.2, 0.25) is 0 Å². The van der Waals surface area contributed by atoms with E-state index in [0.717, 1.165) is 97.4 Å². The Kier molecular flexibility index (Phi) is 19.0. The molecular weight excluding hydrogens is 1480 g/mol. The molecule has 0 radical (unpaired) electrons. The molecule has 17 aromatic carbocycles. The van der Waals surface area contributed by atoms with Crippen LogP contribution in [0.15, 0.2) is 364 Å². The van der Waals surface area contributed by atoms with E-state index in [4.69, 9.17) is 6.85 Å². The van der Waals surface area contributed by atoms with Gasteiger partial charge in [-0.05, 0) is 134 Å². The number of hydrogen-bond acceptors (Lipinski definition) is 12. The highest BCUT2D eigenvalue weighted by Crippen LogP contribution is 2.48. The van der Waals surface area contributed by atoms with Gasteiger partial charge < -0.3 is 40.2 Å². The summed E-state index contributed by atoms with van der Waals surface area (Å²) in [5.74, 6) is 0. The van der Waals surface area contributed by atoms with Gasteiger partial charge in [0.05, 0.1) is 6.85 Å². The van der Waals surface area contributed by atoms with Crippen molar-refractivity contribution in [1.82, 2.24) is 0 Å². The molecule has 0 atom stereocenters. The number of fused-ring (bicyclic) bond motifs is 15. The standard InChI is InChI=1S/C26H17BO2S.3C24H17BO2S/c28-27(29)17-14-23-18-7-2-1-6-16(18)12-13-19(23)24(15-17)22-10-5-9-21-20-8-3-4-11-25(20)30-26(21)22;2*26-25(27)18-10-4-9-17(15-18)20-12-6-14-22-21-13-5-11-19(23(21)28-24(20)22)16-7-2-1-3-8-16;26-25(27)19-14-17(16-7-2-1-3-8-16)13-18(15-19)20-10-6-11-22-21-9-4-5-12-23(21)28-24(20)22/h1-15,28-29H;3*1-15,26-27H/i;1D,2D,3D,7D,8D;;. The van der Waals surface area contributed by atoms with Crippen molar-refractivity contribution in [3.8, 4) is 77.9 Å². The minimum absolute atomic E-state index is 0.185. The normalized spacial score (nSPS) is 11.9. The van der Waals surface area contributed by atoms with Gasteiger partial charge in [0, 0.05) is 86.3 Å². The maximum Gasteiger partial charge on any atom is 0.488 e. The minimum atomic E-state index is -1.57. The molecule has 0 saturated carbocycles. The average molecular weight is 1550 g/mol. The molecule has 0 fully saturated rings. The van der Waals surface area contributed by atoms with Crippen molar-refractivity contribution in [3.05, 3.63) is 364 Å². The summed E-state index contributed by atoms with van der Waals surface area (Å²) >= 11 is 6.84. The molecule has 8 N–H and O–H groups in total. The fourth-order valence-electron chi connectivity index (χ4n) is 15.5. The summed E-state index contributed by atoms with van der Waals surface area (Å²) in [5, 5.41) is 91.7. The second kappa shape index (κ2) is 31.9. The molecule has 16 heteroatoms. The highest BCUT2D eigenvalue weighted by Gasteiger charge is 2.23. The molecule has 544 valence electrons. The lowest BCUT2D eigenvalue weighted by Crippen LogP contribution is -2.29. The predicted molar refractivity (Wildman–Crippen MR) is 490 cm³/mol. The van der Waals surface area contributed by atoms with E-state index in [1.165, 1.54) is 83.0 Å². The zero-order valence-corrected chi connectivity index (χ0v) is 64.0. The summed E-state index contributed by atoms with van der Waals surface area (Å²) in [6, 6.07) is 110. The second-order valence-corrected chi connectivity index (χ2v) is 31.9. The lowest BCUT2D eigenvalue weighted by atomic mass is 9.77. The fourth-order valence-corrected chi connectivity index (χ4v) is 20.6. The Bertz CT molecular complexity index is 7480. The van der Waals surface area contributed by atoms with Crippen molar-refractivity contribution in [2.75, 3.05) is 0 Å². The minimum Gasteiger partial charge on any atom is -0.423 e. The van der Waals surface area contributed by atoms with E-state index in [2.05, 4.69) is 176 Å². The third-order valence-corrected chi connectivity index (χ3v) is 25.9. The van der Waals surface area contributed by atoms with Crippen molar-refractivity contribution < 1.29 is 47.0 Å². The van der Waals surface area contributed by atoms with Crippen LogP contribution in [0.1, 0.15) is 6.85 Å². The summed E-state index contributed by atoms with van der Waals surface area (Å²) in [6.45, 7) is 0. The quantitative estimate of drug-likeness (QED) is 0.0469. The molecule has 0 bridgehead atoms. The molecule has 4 aromatic heterocycles. The third kappa shape index (κ3) is 14.3. The van der Waals surface area contributed by atoms with Crippen LogP contribution in [0.5, 0.6) is 0 Å². The molecule has 21 aromatic rings. The van der Waals surface area contributed by atoms with Gasteiger partial charge in [-0.15, -0.1) is 45.3 Å². The van der Waals surface area contributed by atoms with Crippen LogP contribution in [0, 0.1) is 0 Å². The van der Waals surface area contributed by atoms with Crippen LogP contribution in [0.4, 0.5) is 0 Å². The molecule has 0 aliphatic carbocycles. The summed E-state index contributed by atoms with van der Waals surface area (Å²) < 4.78 is 50.1. The molecule has 0 amide bonds. The Labute approximate surface area is 681 Å². The lowest BCUT2D eigenvalue weighted by Gasteiger charge is -2.13. The zero-order valence-electron chi connectivity index (χ0n) is 65.8. The number of hydrogen-bond donors (Lipinski definition) is 8. The number of rotatable bonds is 11. The Hall–Kier alpha value is -11.9. The smallest absolute Gasteiger partial charge is 0.423 e. The SMILES string of the molecule is OB(O)c1cc(-c2cccc3c2sc2ccccc23)c2ccc3ccccc3c2c1.OB(O)c1cc(-c2ccccc2)cc(-c2cccc3c2sc2ccccc23)c1.OB(O)c1cccc(-c2cccc3c2sc2c(-c4ccccc4)cccc23)c1.[2H]c1c([2H])c([2H])c(-c2cccc3c2sc2c(-c4cccc(B(O)O)c4)cccc23)c([2H])c1[2H]. The fraction of sp³-hybridized carbons (Fsp3) is 0. The first-order chi connectivity index (χ1) is 57.9. The Balaban J connectivity index is 0.000000109. The van der Waals surface area contributed by atoms with E-state index >= 15 is 0 Å². The Morgan fingerprint density at radius 2 is 0.544 bits per heavy atom. The van der Waals surface area contributed by atoms with Crippen LogP contribution in [0.3, 0.4) is 0 Å². The molecule has 4 heterocycles. The van der Waals surface area contributed by atoms with E-state index in [1.807, 2.05) is 127 Å². The van der Waals surface area contributed by atoms with Gasteiger partial charge in [0.1, 0.15) is 0 Å². The molecule has 0 saturated heterocycles. The van der Waals surface area contributed by atoms with Crippen molar-refractivity contribution in [2.24, 2.45) is 0 Å². The number of thiophene rings is 4. The average Bonchev–Trinajstić information content (AvgIpc) is 1.70. The highest BCUT2D eigenvalue weighted by molar-refractivity contribution is 7.28. The van der Waals surface area contributed by atoms with Crippen LogP contribution in [0.25, 0.3) is 180 Å². The maximum absolute atomic E-state index is 10.0. The van der Waals surface area contributed by atoms with Crippen LogP contribution < -0.4 is 21.9 Å². The van der Waals surface area contributed by atoms with Crippen LogP contribution in [-0.4, -0.2) is 68.7 Å². The molecule has 0 unspecified atom stereocenters. The largest absolute Gasteiger partial charge is 0.488 e. The van der Waals surface area contributed by atoms with Gasteiger partial charge in [-0.2, -0.15) is 0 Å². The van der Waals surface area contributed by atoms with E-state index in [1.54, 1.807) is 64.3 Å². The van der Waals surface area contributed by atoms with E-state index < -0.39 is 34.5 Å². The Morgan fingerprint density at radius 1 is 0.193 bits per heavy atom.